The second-order valence-electron chi connectivity index (χ2n) is 4.83. The first kappa shape index (κ1) is 11.8. The van der Waals surface area contributed by atoms with Crippen LogP contribution in [0.25, 0.3) is 0 Å². The zero-order valence-electron chi connectivity index (χ0n) is 9.10. The summed E-state index contributed by atoms with van der Waals surface area (Å²) in [6.07, 6.45) is 0. The molecule has 0 bridgehead atoms. The monoisotopic (exact) mass is 310 g/mol. The van der Waals surface area contributed by atoms with Crippen molar-refractivity contribution in [1.82, 2.24) is 0 Å². The van der Waals surface area contributed by atoms with Gasteiger partial charge in [0, 0.05) is 5.41 Å². The van der Waals surface area contributed by atoms with Gasteiger partial charge >= 0.3 is 5.82 Å². The zero-order valence-corrected chi connectivity index (χ0v) is 11.3. The molecule has 0 aliphatic rings. The molecule has 0 saturated heterocycles. The number of alkyl halides is 1. The average Bonchev–Trinajstić information content (AvgIpc) is 2.27. The minimum Gasteiger partial charge on any atom is -0.395 e. The Morgan fingerprint density at radius 3 is 1.71 bits per heavy atom. The Labute approximate surface area is 97.0 Å². The van der Waals surface area contributed by atoms with Crippen molar-refractivity contribution in [3.63, 3.8) is 0 Å². The SMILES string of the molecule is CC(C)(C)c1oc(=O)oc1C(C)(C)I. The summed E-state index contributed by atoms with van der Waals surface area (Å²) in [6, 6.07) is 0. The van der Waals surface area contributed by atoms with Crippen molar-refractivity contribution in [1.29, 1.82) is 0 Å². The molecule has 0 atom stereocenters. The second-order valence-corrected chi connectivity index (χ2v) is 7.53. The number of rotatable bonds is 1. The minimum absolute atomic E-state index is 0.204. The summed E-state index contributed by atoms with van der Waals surface area (Å²) in [5.74, 6) is 0.659. The van der Waals surface area contributed by atoms with Crippen molar-refractivity contribution >= 4 is 22.6 Å². The summed E-state index contributed by atoms with van der Waals surface area (Å²) >= 11 is 2.23. The van der Waals surface area contributed by atoms with Crippen LogP contribution in [0, 0.1) is 0 Å². The van der Waals surface area contributed by atoms with Crippen LogP contribution in [0.15, 0.2) is 13.6 Å². The van der Waals surface area contributed by atoms with E-state index >= 15 is 0 Å². The standard InChI is InChI=1S/C10H15IO3/c1-9(2,3)6-7(10(4,5)11)14-8(12)13-6/h1-5H3. The van der Waals surface area contributed by atoms with E-state index in [9.17, 15) is 4.79 Å². The molecule has 1 aromatic heterocycles. The molecule has 0 N–H and O–H groups in total. The van der Waals surface area contributed by atoms with E-state index in [2.05, 4.69) is 22.6 Å². The third kappa shape index (κ3) is 2.40. The molecule has 1 rings (SSSR count). The van der Waals surface area contributed by atoms with E-state index in [1.165, 1.54) is 0 Å². The van der Waals surface area contributed by atoms with Gasteiger partial charge in [0.05, 0.1) is 3.42 Å². The van der Waals surface area contributed by atoms with Crippen molar-refractivity contribution in [2.24, 2.45) is 0 Å². The predicted molar refractivity (Wildman–Crippen MR) is 63.0 cm³/mol. The van der Waals surface area contributed by atoms with Gasteiger partial charge in [-0.2, -0.15) is 0 Å². The largest absolute Gasteiger partial charge is 0.519 e. The van der Waals surface area contributed by atoms with Gasteiger partial charge in [-0.15, -0.1) is 0 Å². The molecule has 1 heterocycles. The van der Waals surface area contributed by atoms with Gasteiger partial charge in [0.2, 0.25) is 0 Å². The molecule has 0 aliphatic heterocycles. The summed E-state index contributed by atoms with van der Waals surface area (Å²) in [6.45, 7) is 9.94. The Balaban J connectivity index is 3.38. The summed E-state index contributed by atoms with van der Waals surface area (Å²) in [7, 11) is 0. The molecule has 1 aromatic rings. The van der Waals surface area contributed by atoms with Crippen molar-refractivity contribution in [2.75, 3.05) is 0 Å². The summed E-state index contributed by atoms with van der Waals surface area (Å²) in [4.78, 5) is 11.1. The molecule has 80 valence electrons. The van der Waals surface area contributed by atoms with Gasteiger partial charge in [0.1, 0.15) is 0 Å². The highest BCUT2D eigenvalue weighted by Gasteiger charge is 2.33. The van der Waals surface area contributed by atoms with Gasteiger partial charge in [0.15, 0.2) is 11.5 Å². The molecule has 0 spiro atoms. The molecule has 0 saturated carbocycles. The Kier molecular flexibility index (Phi) is 2.87. The van der Waals surface area contributed by atoms with Crippen molar-refractivity contribution in [2.45, 2.75) is 43.5 Å². The lowest BCUT2D eigenvalue weighted by atomic mass is 9.89. The Morgan fingerprint density at radius 1 is 1.00 bits per heavy atom. The lowest BCUT2D eigenvalue weighted by Crippen LogP contribution is -2.17. The third-order valence-electron chi connectivity index (χ3n) is 1.80. The van der Waals surface area contributed by atoms with Gasteiger partial charge in [-0.3, -0.25) is 0 Å². The van der Waals surface area contributed by atoms with Crippen LogP contribution in [-0.2, 0) is 8.84 Å². The van der Waals surface area contributed by atoms with Crippen LogP contribution in [-0.4, -0.2) is 0 Å². The molecular weight excluding hydrogens is 295 g/mol. The summed E-state index contributed by atoms with van der Waals surface area (Å²) < 4.78 is 9.92. The quantitative estimate of drug-likeness (QED) is 0.591. The topological polar surface area (TPSA) is 43.4 Å². The fourth-order valence-corrected chi connectivity index (χ4v) is 1.52. The summed E-state index contributed by atoms with van der Waals surface area (Å²) in [5.41, 5.74) is -0.204. The Bertz CT molecular complexity index is 339. The number of halogens is 1. The van der Waals surface area contributed by atoms with Crippen molar-refractivity contribution in [3.05, 3.63) is 22.1 Å². The van der Waals surface area contributed by atoms with Crippen LogP contribution in [0.1, 0.15) is 46.1 Å². The summed E-state index contributed by atoms with van der Waals surface area (Å²) in [5, 5.41) is 0. The minimum atomic E-state index is -0.616. The first-order valence-corrected chi connectivity index (χ1v) is 5.54. The van der Waals surface area contributed by atoms with Crippen LogP contribution in [0.2, 0.25) is 0 Å². The molecule has 14 heavy (non-hydrogen) atoms. The maximum Gasteiger partial charge on any atom is 0.519 e. The second kappa shape index (κ2) is 3.40. The molecule has 0 fully saturated rings. The van der Waals surface area contributed by atoms with Crippen LogP contribution in [0.4, 0.5) is 0 Å². The smallest absolute Gasteiger partial charge is 0.395 e. The lowest BCUT2D eigenvalue weighted by molar-refractivity contribution is 0.342. The molecule has 0 aliphatic carbocycles. The highest BCUT2D eigenvalue weighted by molar-refractivity contribution is 14.1. The highest BCUT2D eigenvalue weighted by Crippen LogP contribution is 2.37. The van der Waals surface area contributed by atoms with Gasteiger partial charge in [-0.1, -0.05) is 43.4 Å². The molecule has 0 radical (unpaired) electrons. The molecule has 4 heteroatoms. The van der Waals surface area contributed by atoms with E-state index in [4.69, 9.17) is 8.83 Å². The van der Waals surface area contributed by atoms with E-state index < -0.39 is 5.82 Å². The van der Waals surface area contributed by atoms with E-state index in [1.807, 2.05) is 34.6 Å². The van der Waals surface area contributed by atoms with Gasteiger partial charge in [-0.25, -0.2) is 4.79 Å². The lowest BCUT2D eigenvalue weighted by Gasteiger charge is -2.20. The molecular formula is C10H15IO3. The highest BCUT2D eigenvalue weighted by atomic mass is 127. The number of hydrogen-bond acceptors (Lipinski definition) is 3. The zero-order chi connectivity index (χ0) is 11.1. The van der Waals surface area contributed by atoms with Gasteiger partial charge < -0.3 is 8.83 Å². The maximum atomic E-state index is 11.1. The van der Waals surface area contributed by atoms with E-state index in [1.54, 1.807) is 0 Å². The van der Waals surface area contributed by atoms with E-state index in [-0.39, 0.29) is 8.84 Å². The molecule has 0 amide bonds. The maximum absolute atomic E-state index is 11.1. The van der Waals surface area contributed by atoms with Crippen LogP contribution in [0.5, 0.6) is 0 Å². The molecule has 3 nitrogen and oxygen atoms in total. The fourth-order valence-electron chi connectivity index (χ4n) is 1.17. The number of hydrogen-bond donors (Lipinski definition) is 0. The van der Waals surface area contributed by atoms with E-state index in [0.29, 0.717) is 11.5 Å². The van der Waals surface area contributed by atoms with Crippen LogP contribution >= 0.6 is 22.6 Å². The Hall–Kier alpha value is -0.260. The van der Waals surface area contributed by atoms with Gasteiger partial charge in [-0.05, 0) is 13.8 Å². The normalized spacial score (nSPS) is 13.3. The van der Waals surface area contributed by atoms with Crippen molar-refractivity contribution < 1.29 is 8.83 Å². The predicted octanol–water partition coefficient (Wildman–Crippen LogP) is 3.20. The first-order valence-electron chi connectivity index (χ1n) is 4.46. The first-order chi connectivity index (χ1) is 6.12. The van der Waals surface area contributed by atoms with E-state index in [0.717, 1.165) is 0 Å². The molecule has 0 aromatic carbocycles. The fraction of sp³-hybridized carbons (Fsp3) is 0.700. The average molecular weight is 310 g/mol. The van der Waals surface area contributed by atoms with Crippen molar-refractivity contribution in [3.8, 4) is 0 Å². The van der Waals surface area contributed by atoms with Crippen LogP contribution in [0.3, 0.4) is 0 Å². The van der Waals surface area contributed by atoms with Crippen LogP contribution < -0.4 is 5.82 Å². The Morgan fingerprint density at radius 2 is 1.43 bits per heavy atom. The van der Waals surface area contributed by atoms with Gasteiger partial charge in [0.25, 0.3) is 0 Å². The molecule has 0 unspecified atom stereocenters. The third-order valence-corrected chi connectivity index (χ3v) is 2.29.